The molecule has 84 valence electrons. The standard InChI is InChI=1S/C7H8ClNO4S2/c1-3-13-6(10)5-7(15(8,11)12)14-4(2)9-5/h3H2,1-2H3. The quantitative estimate of drug-likeness (QED) is 0.615. The van der Waals surface area contributed by atoms with Crippen molar-refractivity contribution in [2.45, 2.75) is 18.1 Å². The van der Waals surface area contributed by atoms with Gasteiger partial charge in [-0.05, 0) is 13.8 Å². The van der Waals surface area contributed by atoms with Crippen LogP contribution in [0.15, 0.2) is 4.21 Å². The normalized spacial score (nSPS) is 11.4. The monoisotopic (exact) mass is 269 g/mol. The van der Waals surface area contributed by atoms with Crippen LogP contribution in [-0.2, 0) is 13.8 Å². The van der Waals surface area contributed by atoms with Crippen molar-refractivity contribution in [3.05, 3.63) is 10.7 Å². The van der Waals surface area contributed by atoms with Crippen molar-refractivity contribution in [1.29, 1.82) is 0 Å². The van der Waals surface area contributed by atoms with Gasteiger partial charge in [-0.2, -0.15) is 0 Å². The van der Waals surface area contributed by atoms with Crippen LogP contribution in [0.2, 0.25) is 0 Å². The maximum Gasteiger partial charge on any atom is 0.359 e. The Kier molecular flexibility index (Phi) is 3.69. The molecule has 0 amide bonds. The maximum absolute atomic E-state index is 11.3. The highest BCUT2D eigenvalue weighted by molar-refractivity contribution is 8.15. The van der Waals surface area contributed by atoms with Gasteiger partial charge in [0.2, 0.25) is 0 Å². The number of esters is 1. The number of carbonyl (C=O) groups is 1. The number of carbonyl (C=O) groups excluding carboxylic acids is 1. The third-order valence-electron chi connectivity index (χ3n) is 1.39. The molecule has 0 fully saturated rings. The van der Waals surface area contributed by atoms with E-state index in [0.717, 1.165) is 11.3 Å². The summed E-state index contributed by atoms with van der Waals surface area (Å²) in [7, 11) is 1.21. The van der Waals surface area contributed by atoms with Gasteiger partial charge in [-0.15, -0.1) is 11.3 Å². The average Bonchev–Trinajstić information content (AvgIpc) is 2.47. The van der Waals surface area contributed by atoms with E-state index in [9.17, 15) is 13.2 Å². The fourth-order valence-electron chi connectivity index (χ4n) is 0.902. The van der Waals surface area contributed by atoms with Crippen molar-refractivity contribution >= 4 is 37.0 Å². The third-order valence-corrected chi connectivity index (χ3v) is 4.44. The molecule has 0 aliphatic rings. The van der Waals surface area contributed by atoms with Gasteiger partial charge in [0.1, 0.15) is 0 Å². The zero-order chi connectivity index (χ0) is 11.6. The van der Waals surface area contributed by atoms with Crippen LogP contribution in [0.25, 0.3) is 0 Å². The highest BCUT2D eigenvalue weighted by atomic mass is 35.7. The Morgan fingerprint density at radius 3 is 2.67 bits per heavy atom. The minimum Gasteiger partial charge on any atom is -0.461 e. The minimum absolute atomic E-state index is 0.150. The molecule has 0 spiro atoms. The molecule has 0 unspecified atom stereocenters. The number of ether oxygens (including phenoxy) is 1. The average molecular weight is 270 g/mol. The Morgan fingerprint density at radius 1 is 1.60 bits per heavy atom. The van der Waals surface area contributed by atoms with Crippen molar-refractivity contribution in [1.82, 2.24) is 4.98 Å². The Labute approximate surface area is 95.5 Å². The van der Waals surface area contributed by atoms with Gasteiger partial charge < -0.3 is 4.74 Å². The predicted molar refractivity (Wildman–Crippen MR) is 55.8 cm³/mol. The lowest BCUT2D eigenvalue weighted by molar-refractivity contribution is 0.0516. The highest BCUT2D eigenvalue weighted by Crippen LogP contribution is 2.27. The zero-order valence-electron chi connectivity index (χ0n) is 7.98. The third kappa shape index (κ3) is 2.90. The number of hydrogen-bond donors (Lipinski definition) is 0. The van der Waals surface area contributed by atoms with Gasteiger partial charge in [0.15, 0.2) is 9.90 Å². The van der Waals surface area contributed by atoms with Crippen LogP contribution in [-0.4, -0.2) is 26.0 Å². The van der Waals surface area contributed by atoms with E-state index in [2.05, 4.69) is 9.72 Å². The molecule has 0 N–H and O–H groups in total. The molecular formula is C7H8ClNO4S2. The maximum atomic E-state index is 11.3. The van der Waals surface area contributed by atoms with E-state index in [1.165, 1.54) is 0 Å². The van der Waals surface area contributed by atoms with Crippen LogP contribution in [0.5, 0.6) is 0 Å². The summed E-state index contributed by atoms with van der Waals surface area (Å²) in [5, 5.41) is 0.442. The number of aromatic nitrogens is 1. The van der Waals surface area contributed by atoms with E-state index in [4.69, 9.17) is 10.7 Å². The molecule has 0 saturated heterocycles. The summed E-state index contributed by atoms with van der Waals surface area (Å²) in [5.74, 6) is -0.777. The molecule has 8 heteroatoms. The smallest absolute Gasteiger partial charge is 0.359 e. The second-order valence-corrected chi connectivity index (χ2v) is 6.49. The molecule has 0 atom stereocenters. The Morgan fingerprint density at radius 2 is 2.20 bits per heavy atom. The fourth-order valence-corrected chi connectivity index (χ4v) is 3.16. The fraction of sp³-hybridized carbons (Fsp3) is 0.429. The van der Waals surface area contributed by atoms with E-state index in [-0.39, 0.29) is 16.5 Å². The highest BCUT2D eigenvalue weighted by Gasteiger charge is 2.26. The number of nitrogens with zero attached hydrogens (tertiary/aromatic N) is 1. The topological polar surface area (TPSA) is 73.3 Å². The first kappa shape index (κ1) is 12.4. The van der Waals surface area contributed by atoms with Gasteiger partial charge in [0.25, 0.3) is 9.05 Å². The van der Waals surface area contributed by atoms with Crippen LogP contribution in [0.4, 0.5) is 0 Å². The largest absolute Gasteiger partial charge is 0.461 e. The van der Waals surface area contributed by atoms with E-state index in [1.807, 2.05) is 0 Å². The molecule has 0 bridgehead atoms. The second-order valence-electron chi connectivity index (χ2n) is 2.53. The zero-order valence-corrected chi connectivity index (χ0v) is 10.4. The molecule has 1 heterocycles. The van der Waals surface area contributed by atoms with Crippen molar-refractivity contribution in [3.63, 3.8) is 0 Å². The van der Waals surface area contributed by atoms with Crippen molar-refractivity contribution in [2.75, 3.05) is 6.61 Å². The molecule has 0 saturated carbocycles. The van der Waals surface area contributed by atoms with E-state index < -0.39 is 15.0 Å². The van der Waals surface area contributed by atoms with Gasteiger partial charge in [0, 0.05) is 10.7 Å². The minimum atomic E-state index is -3.95. The summed E-state index contributed by atoms with van der Waals surface area (Å²) in [6.07, 6.45) is 0. The van der Waals surface area contributed by atoms with Crippen molar-refractivity contribution in [2.24, 2.45) is 0 Å². The van der Waals surface area contributed by atoms with Crippen LogP contribution in [0.3, 0.4) is 0 Å². The van der Waals surface area contributed by atoms with E-state index in [1.54, 1.807) is 13.8 Å². The molecule has 0 aliphatic heterocycles. The SMILES string of the molecule is CCOC(=O)c1nc(C)sc1S(=O)(=O)Cl. The summed E-state index contributed by atoms with van der Waals surface area (Å²) in [4.78, 5) is 15.1. The van der Waals surface area contributed by atoms with Crippen molar-refractivity contribution in [3.8, 4) is 0 Å². The van der Waals surface area contributed by atoms with Crippen LogP contribution in [0.1, 0.15) is 22.4 Å². The lowest BCUT2D eigenvalue weighted by atomic mass is 10.5. The first-order chi connectivity index (χ1) is 6.86. The summed E-state index contributed by atoms with van der Waals surface area (Å²) in [6.45, 7) is 3.35. The lowest BCUT2D eigenvalue weighted by Gasteiger charge is -1.98. The first-order valence-electron chi connectivity index (χ1n) is 3.95. The van der Waals surface area contributed by atoms with Gasteiger partial charge in [0.05, 0.1) is 11.6 Å². The lowest BCUT2D eigenvalue weighted by Crippen LogP contribution is -2.08. The molecule has 0 radical (unpaired) electrons. The van der Waals surface area contributed by atoms with Gasteiger partial charge in [-0.3, -0.25) is 0 Å². The Balaban J connectivity index is 3.24. The second kappa shape index (κ2) is 4.46. The van der Waals surface area contributed by atoms with E-state index in [0.29, 0.717) is 5.01 Å². The van der Waals surface area contributed by atoms with Crippen molar-refractivity contribution < 1.29 is 17.9 Å². The summed E-state index contributed by atoms with van der Waals surface area (Å²) < 4.78 is 26.6. The van der Waals surface area contributed by atoms with Gasteiger partial charge in [-0.1, -0.05) is 0 Å². The van der Waals surface area contributed by atoms with Crippen LogP contribution < -0.4 is 0 Å². The summed E-state index contributed by atoms with van der Waals surface area (Å²) >= 11 is 0.844. The van der Waals surface area contributed by atoms with Crippen LogP contribution in [0, 0.1) is 6.92 Å². The molecule has 0 aromatic carbocycles. The first-order valence-corrected chi connectivity index (χ1v) is 7.08. The summed E-state index contributed by atoms with van der Waals surface area (Å²) in [6, 6.07) is 0. The molecular weight excluding hydrogens is 262 g/mol. The number of thiazole rings is 1. The van der Waals surface area contributed by atoms with Gasteiger partial charge in [-0.25, -0.2) is 18.2 Å². The molecule has 0 aliphatic carbocycles. The molecule has 15 heavy (non-hydrogen) atoms. The van der Waals surface area contributed by atoms with Crippen LogP contribution >= 0.6 is 22.0 Å². The van der Waals surface area contributed by atoms with Gasteiger partial charge >= 0.3 is 5.97 Å². The molecule has 1 aromatic rings. The predicted octanol–water partition coefficient (Wildman–Crippen LogP) is 1.56. The summed E-state index contributed by atoms with van der Waals surface area (Å²) in [5.41, 5.74) is -0.241. The number of halogens is 1. The Hall–Kier alpha value is -0.660. The Bertz CT molecular complexity index is 479. The number of rotatable bonds is 3. The number of hydrogen-bond acceptors (Lipinski definition) is 6. The molecule has 1 aromatic heterocycles. The van der Waals surface area contributed by atoms with E-state index >= 15 is 0 Å². The number of aryl methyl sites for hydroxylation is 1. The molecule has 1 rings (SSSR count). The molecule has 5 nitrogen and oxygen atoms in total.